The van der Waals surface area contributed by atoms with E-state index >= 15 is 0 Å². The van der Waals surface area contributed by atoms with Crippen LogP contribution in [0.15, 0.2) is 22.8 Å². The van der Waals surface area contributed by atoms with Crippen LogP contribution in [0.3, 0.4) is 0 Å². The molecule has 12 heavy (non-hydrogen) atoms. The Morgan fingerprint density at radius 1 is 1.50 bits per heavy atom. The number of aryl methyl sites for hydroxylation is 1. The van der Waals surface area contributed by atoms with Crippen LogP contribution in [0.4, 0.5) is 5.69 Å². The lowest BCUT2D eigenvalue weighted by molar-refractivity contribution is 0.796. The topological polar surface area (TPSA) is 43.8 Å². The lowest BCUT2D eigenvalue weighted by atomic mass is 10.2. The molecule has 0 aliphatic heterocycles. The molecular weight excluding hydrogens is 218 g/mol. The monoisotopic (exact) mass is 225 g/mol. The van der Waals surface area contributed by atoms with Crippen LogP contribution in [0, 0.1) is 0 Å². The molecule has 0 bridgehead atoms. The van der Waals surface area contributed by atoms with Gasteiger partial charge in [0, 0.05) is 18.1 Å². The fraction of sp³-hybridized carbons (Fsp3) is 0.125. The molecular formula is C8H8BrN3. The van der Waals surface area contributed by atoms with Gasteiger partial charge in [-0.1, -0.05) is 0 Å². The molecule has 1 heterocycles. The molecule has 0 saturated heterocycles. The summed E-state index contributed by atoms with van der Waals surface area (Å²) in [5, 5.41) is 5.22. The zero-order valence-corrected chi connectivity index (χ0v) is 8.17. The molecule has 0 amide bonds. The number of nitrogens with zero attached hydrogens (tertiary/aromatic N) is 2. The fourth-order valence-corrected chi connectivity index (χ4v) is 1.85. The van der Waals surface area contributed by atoms with Gasteiger partial charge >= 0.3 is 0 Å². The summed E-state index contributed by atoms with van der Waals surface area (Å²) in [4.78, 5) is 0. The zero-order valence-electron chi connectivity index (χ0n) is 6.58. The van der Waals surface area contributed by atoms with Gasteiger partial charge in [0.1, 0.15) is 0 Å². The predicted molar refractivity (Wildman–Crippen MR) is 52.8 cm³/mol. The minimum atomic E-state index is 0.742. The Hall–Kier alpha value is -1.03. The van der Waals surface area contributed by atoms with E-state index in [1.165, 1.54) is 0 Å². The molecule has 0 saturated carbocycles. The van der Waals surface area contributed by atoms with Gasteiger partial charge < -0.3 is 5.73 Å². The van der Waals surface area contributed by atoms with Gasteiger partial charge in [-0.2, -0.15) is 5.10 Å². The number of halogens is 1. The van der Waals surface area contributed by atoms with E-state index in [1.807, 2.05) is 25.4 Å². The summed E-state index contributed by atoms with van der Waals surface area (Å²) in [5.74, 6) is 0. The van der Waals surface area contributed by atoms with Crippen LogP contribution in [0.25, 0.3) is 10.9 Å². The number of nitrogen functional groups attached to an aromatic ring is 1. The number of aromatic nitrogens is 2. The van der Waals surface area contributed by atoms with E-state index in [1.54, 1.807) is 4.68 Å². The molecule has 3 nitrogen and oxygen atoms in total. The first-order valence-corrected chi connectivity index (χ1v) is 4.35. The first-order valence-electron chi connectivity index (χ1n) is 3.56. The van der Waals surface area contributed by atoms with Crippen LogP contribution in [-0.4, -0.2) is 9.78 Å². The van der Waals surface area contributed by atoms with Gasteiger partial charge in [-0.25, -0.2) is 0 Å². The first-order chi connectivity index (χ1) is 5.70. The number of anilines is 1. The van der Waals surface area contributed by atoms with E-state index in [0.717, 1.165) is 21.1 Å². The maximum absolute atomic E-state index is 5.73. The lowest BCUT2D eigenvalue weighted by Crippen LogP contribution is -1.92. The van der Waals surface area contributed by atoms with Gasteiger partial charge in [0.2, 0.25) is 0 Å². The molecule has 0 unspecified atom stereocenters. The molecule has 2 rings (SSSR count). The molecule has 1 aromatic heterocycles. The molecule has 0 atom stereocenters. The maximum Gasteiger partial charge on any atom is 0.0841 e. The van der Waals surface area contributed by atoms with Gasteiger partial charge in [0.25, 0.3) is 0 Å². The van der Waals surface area contributed by atoms with Crippen molar-refractivity contribution in [2.45, 2.75) is 0 Å². The highest BCUT2D eigenvalue weighted by Crippen LogP contribution is 2.28. The number of rotatable bonds is 0. The second-order valence-electron chi connectivity index (χ2n) is 2.67. The third-order valence-electron chi connectivity index (χ3n) is 1.87. The smallest absolute Gasteiger partial charge is 0.0841 e. The maximum atomic E-state index is 5.73. The summed E-state index contributed by atoms with van der Waals surface area (Å²) in [7, 11) is 1.90. The van der Waals surface area contributed by atoms with E-state index in [2.05, 4.69) is 21.0 Å². The van der Waals surface area contributed by atoms with Crippen molar-refractivity contribution in [1.82, 2.24) is 9.78 Å². The third kappa shape index (κ3) is 0.914. The van der Waals surface area contributed by atoms with Crippen LogP contribution in [0.1, 0.15) is 0 Å². The molecule has 4 heteroatoms. The second kappa shape index (κ2) is 2.48. The van der Waals surface area contributed by atoms with Crippen molar-refractivity contribution < 1.29 is 0 Å². The SMILES string of the molecule is Cn1ncc2ccc(N)c(Br)c21. The van der Waals surface area contributed by atoms with Crippen LogP contribution in [-0.2, 0) is 7.05 Å². The molecule has 1 aromatic carbocycles. The average Bonchev–Trinajstić information content (AvgIpc) is 2.41. The summed E-state index contributed by atoms with van der Waals surface area (Å²) in [5.41, 5.74) is 7.50. The Morgan fingerprint density at radius 2 is 2.25 bits per heavy atom. The van der Waals surface area contributed by atoms with Gasteiger partial charge in [-0.3, -0.25) is 4.68 Å². The number of benzene rings is 1. The van der Waals surface area contributed by atoms with Crippen molar-refractivity contribution in [2.24, 2.45) is 7.05 Å². The highest BCUT2D eigenvalue weighted by Gasteiger charge is 2.05. The van der Waals surface area contributed by atoms with Gasteiger partial charge in [-0.15, -0.1) is 0 Å². The normalized spacial score (nSPS) is 10.8. The zero-order chi connectivity index (χ0) is 8.72. The van der Waals surface area contributed by atoms with Gasteiger partial charge in [0.15, 0.2) is 0 Å². The van der Waals surface area contributed by atoms with Crippen LogP contribution in [0.5, 0.6) is 0 Å². The fourth-order valence-electron chi connectivity index (χ4n) is 1.23. The molecule has 0 fully saturated rings. The van der Waals surface area contributed by atoms with E-state index in [-0.39, 0.29) is 0 Å². The van der Waals surface area contributed by atoms with Crippen molar-refractivity contribution in [3.05, 3.63) is 22.8 Å². The Balaban J connectivity index is 2.96. The number of fused-ring (bicyclic) bond motifs is 1. The van der Waals surface area contributed by atoms with Crippen molar-refractivity contribution in [2.75, 3.05) is 5.73 Å². The Bertz CT molecular complexity index is 433. The second-order valence-corrected chi connectivity index (χ2v) is 3.47. The predicted octanol–water partition coefficient (Wildman–Crippen LogP) is 1.92. The third-order valence-corrected chi connectivity index (χ3v) is 2.70. The van der Waals surface area contributed by atoms with E-state index in [9.17, 15) is 0 Å². The summed E-state index contributed by atoms with van der Waals surface area (Å²) >= 11 is 3.42. The van der Waals surface area contributed by atoms with E-state index in [0.29, 0.717) is 0 Å². The number of nitrogens with two attached hydrogens (primary N) is 1. The minimum absolute atomic E-state index is 0.742. The minimum Gasteiger partial charge on any atom is -0.398 e. The van der Waals surface area contributed by atoms with Gasteiger partial charge in [0.05, 0.1) is 16.2 Å². The largest absolute Gasteiger partial charge is 0.398 e. The lowest BCUT2D eigenvalue weighted by Gasteiger charge is -2.00. The summed E-state index contributed by atoms with van der Waals surface area (Å²) < 4.78 is 2.72. The molecule has 0 aliphatic rings. The van der Waals surface area contributed by atoms with E-state index < -0.39 is 0 Å². The molecule has 2 N–H and O–H groups in total. The van der Waals surface area contributed by atoms with Crippen molar-refractivity contribution >= 4 is 32.5 Å². The van der Waals surface area contributed by atoms with Gasteiger partial charge in [-0.05, 0) is 28.1 Å². The van der Waals surface area contributed by atoms with E-state index in [4.69, 9.17) is 5.73 Å². The standard InChI is InChI=1S/C8H8BrN3/c1-12-8-5(4-11-12)2-3-6(10)7(8)9/h2-4H,10H2,1H3. The van der Waals surface area contributed by atoms with Crippen molar-refractivity contribution in [3.63, 3.8) is 0 Å². The highest BCUT2D eigenvalue weighted by molar-refractivity contribution is 9.10. The van der Waals surface area contributed by atoms with Crippen molar-refractivity contribution in [1.29, 1.82) is 0 Å². The Labute approximate surface area is 78.3 Å². The Morgan fingerprint density at radius 3 is 3.00 bits per heavy atom. The summed E-state index contributed by atoms with van der Waals surface area (Å²) in [6.07, 6.45) is 1.82. The summed E-state index contributed by atoms with van der Waals surface area (Å²) in [6, 6.07) is 3.83. The molecule has 2 aromatic rings. The van der Waals surface area contributed by atoms with Crippen molar-refractivity contribution in [3.8, 4) is 0 Å². The first kappa shape index (κ1) is 7.61. The summed E-state index contributed by atoms with van der Waals surface area (Å²) in [6.45, 7) is 0. The number of hydrogen-bond acceptors (Lipinski definition) is 2. The molecule has 0 radical (unpaired) electrons. The molecule has 0 spiro atoms. The molecule has 0 aliphatic carbocycles. The molecule has 62 valence electrons. The average molecular weight is 226 g/mol. The quantitative estimate of drug-likeness (QED) is 0.697. The van der Waals surface area contributed by atoms with Crippen LogP contribution < -0.4 is 5.73 Å². The van der Waals surface area contributed by atoms with Crippen LogP contribution >= 0.6 is 15.9 Å². The Kier molecular flexibility index (Phi) is 1.58. The highest BCUT2D eigenvalue weighted by atomic mass is 79.9. The number of hydrogen-bond donors (Lipinski definition) is 1. The van der Waals surface area contributed by atoms with Crippen LogP contribution in [0.2, 0.25) is 0 Å².